The highest BCUT2D eigenvalue weighted by Gasteiger charge is 2.68. The number of methoxy groups -OCH3 is 1. The van der Waals surface area contributed by atoms with Crippen molar-refractivity contribution in [2.24, 2.45) is 16.9 Å². The van der Waals surface area contributed by atoms with Crippen LogP contribution in [0.5, 0.6) is 5.75 Å². The number of anilines is 1. The Morgan fingerprint density at radius 1 is 0.894 bits per heavy atom. The van der Waals surface area contributed by atoms with Gasteiger partial charge in [-0.1, -0.05) is 60.7 Å². The van der Waals surface area contributed by atoms with Gasteiger partial charge in [-0.3, -0.25) is 34.6 Å². The fourth-order valence-corrected chi connectivity index (χ4v) is 7.42. The highest BCUT2D eigenvalue weighted by molar-refractivity contribution is 6.25. The average Bonchev–Trinajstić information content (AvgIpc) is 3.34. The van der Waals surface area contributed by atoms with Gasteiger partial charge in [0.05, 0.1) is 52.4 Å². The van der Waals surface area contributed by atoms with Gasteiger partial charge in [-0.2, -0.15) is 5.10 Å². The Hall–Kier alpha value is -6.24. The molecule has 1 N–H and O–H groups in total. The molecule has 4 aliphatic rings. The minimum absolute atomic E-state index is 0.00291. The first-order valence-electron chi connectivity index (χ1n) is 14.6. The predicted octanol–water partition coefficient (Wildman–Crippen LogP) is 4.41. The van der Waals surface area contributed by atoms with Crippen LogP contribution in [0.1, 0.15) is 33.7 Å². The molecule has 0 radical (unpaired) electrons. The van der Waals surface area contributed by atoms with Gasteiger partial charge in [-0.15, -0.1) is 0 Å². The summed E-state index contributed by atoms with van der Waals surface area (Å²) in [5.74, 6) is -3.73. The minimum atomic E-state index is -1.26. The predicted molar refractivity (Wildman–Crippen MR) is 168 cm³/mol. The zero-order chi connectivity index (χ0) is 33.0. The lowest BCUT2D eigenvalue weighted by molar-refractivity contribution is -0.385. The van der Waals surface area contributed by atoms with Gasteiger partial charge >= 0.3 is 0 Å². The third-order valence-corrected chi connectivity index (χ3v) is 9.27. The van der Waals surface area contributed by atoms with Crippen molar-refractivity contribution in [2.45, 2.75) is 17.8 Å². The number of nitrogens with zero attached hydrogens (tertiary/aromatic N) is 4. The standard InChI is InChI=1S/C34H25N5O8/c1-47-27-17-21(39(45)46)14-15-26(27)37-32(41)30-29-22-6-2-4-8-24(22)34(31(30)33(37)42,25-9-5-3-7-23(25)29)18-35-36-28(40)16-19-10-12-20(13-11-19)38(43)44/h2-15,17-18,29-31H,16H2,1H3,(H,36,40)/b35-18-/t29?,30-,31-,34?/m0/s1. The molecule has 4 aromatic rings. The molecule has 234 valence electrons. The van der Waals surface area contributed by atoms with E-state index in [9.17, 15) is 34.6 Å². The van der Waals surface area contributed by atoms with Crippen molar-refractivity contribution in [1.29, 1.82) is 0 Å². The Balaban J connectivity index is 1.31. The van der Waals surface area contributed by atoms with Crippen LogP contribution in [0.2, 0.25) is 0 Å². The quantitative estimate of drug-likeness (QED) is 0.129. The number of hydrogen-bond acceptors (Lipinski definition) is 9. The first-order valence-corrected chi connectivity index (χ1v) is 14.6. The summed E-state index contributed by atoms with van der Waals surface area (Å²) in [4.78, 5) is 64.3. The van der Waals surface area contributed by atoms with E-state index in [0.29, 0.717) is 5.56 Å². The number of nitrogens with one attached hydrogen (secondary N) is 1. The van der Waals surface area contributed by atoms with Gasteiger partial charge in [0.15, 0.2) is 0 Å². The number of nitro groups is 2. The Morgan fingerprint density at radius 2 is 1.49 bits per heavy atom. The van der Waals surface area contributed by atoms with Gasteiger partial charge in [-0.05, 0) is 33.9 Å². The molecule has 47 heavy (non-hydrogen) atoms. The highest BCUT2D eigenvalue weighted by atomic mass is 16.6. The van der Waals surface area contributed by atoms with Crippen LogP contribution in [0, 0.1) is 32.1 Å². The SMILES string of the molecule is COc1cc([N+](=O)[O-])ccc1N1C(=O)[C@@H]2[C@@H](C1=O)C1c3ccccc3C2(/C=N\NC(=O)Cc2ccc([N+](=O)[O-])cc2)c2ccccc21. The first kappa shape index (κ1) is 29.5. The number of benzene rings is 4. The maximum atomic E-state index is 14.6. The van der Waals surface area contributed by atoms with E-state index in [4.69, 9.17) is 4.74 Å². The molecule has 0 saturated carbocycles. The van der Waals surface area contributed by atoms with Crippen LogP contribution in [0.4, 0.5) is 17.1 Å². The number of hydrazone groups is 1. The van der Waals surface area contributed by atoms with E-state index in [-0.39, 0.29) is 29.2 Å². The summed E-state index contributed by atoms with van der Waals surface area (Å²) in [5.41, 5.74) is 4.83. The zero-order valence-electron chi connectivity index (χ0n) is 24.7. The van der Waals surface area contributed by atoms with E-state index in [2.05, 4.69) is 10.5 Å². The lowest BCUT2D eigenvalue weighted by Gasteiger charge is -2.52. The van der Waals surface area contributed by atoms with Crippen molar-refractivity contribution in [3.63, 3.8) is 0 Å². The van der Waals surface area contributed by atoms with Gasteiger partial charge < -0.3 is 4.74 Å². The number of rotatable bonds is 8. The molecule has 1 heterocycles. The molecule has 2 atom stereocenters. The second-order valence-electron chi connectivity index (χ2n) is 11.5. The van der Waals surface area contributed by atoms with Crippen molar-refractivity contribution in [3.8, 4) is 5.75 Å². The number of carbonyl (C=O) groups excluding carboxylic acids is 3. The van der Waals surface area contributed by atoms with Crippen LogP contribution in [-0.2, 0) is 26.2 Å². The smallest absolute Gasteiger partial charge is 0.273 e. The van der Waals surface area contributed by atoms with Crippen molar-refractivity contribution < 1.29 is 29.0 Å². The summed E-state index contributed by atoms with van der Waals surface area (Å²) in [7, 11) is 1.31. The summed E-state index contributed by atoms with van der Waals surface area (Å²) in [6, 6.07) is 24.4. The Kier molecular flexibility index (Phi) is 6.88. The number of carbonyl (C=O) groups is 3. The number of hydrogen-bond donors (Lipinski definition) is 1. The fraction of sp³-hybridized carbons (Fsp3) is 0.176. The fourth-order valence-electron chi connectivity index (χ4n) is 7.42. The molecule has 0 unspecified atom stereocenters. The lowest BCUT2D eigenvalue weighted by atomic mass is 9.47. The zero-order valence-corrected chi connectivity index (χ0v) is 24.7. The number of imide groups is 1. The maximum Gasteiger partial charge on any atom is 0.273 e. The summed E-state index contributed by atoms with van der Waals surface area (Å²) >= 11 is 0. The van der Waals surface area contributed by atoms with Crippen LogP contribution < -0.4 is 15.1 Å². The molecule has 0 spiro atoms. The molecule has 3 aliphatic carbocycles. The average molecular weight is 632 g/mol. The highest BCUT2D eigenvalue weighted by Crippen LogP contribution is 2.64. The van der Waals surface area contributed by atoms with Crippen LogP contribution in [-0.4, -0.2) is 40.9 Å². The van der Waals surface area contributed by atoms with Crippen LogP contribution in [0.15, 0.2) is 96.1 Å². The van der Waals surface area contributed by atoms with Gasteiger partial charge in [0.25, 0.3) is 11.4 Å². The van der Waals surface area contributed by atoms with Gasteiger partial charge in [0.2, 0.25) is 17.7 Å². The Bertz CT molecular complexity index is 1990. The van der Waals surface area contributed by atoms with Crippen molar-refractivity contribution >= 4 is 41.0 Å². The second kappa shape index (κ2) is 11.0. The third-order valence-electron chi connectivity index (χ3n) is 9.27. The molecular formula is C34H25N5O8. The van der Waals surface area contributed by atoms with E-state index < -0.39 is 50.7 Å². The molecule has 8 rings (SSSR count). The van der Waals surface area contributed by atoms with Crippen LogP contribution >= 0.6 is 0 Å². The van der Waals surface area contributed by atoms with E-state index in [0.717, 1.165) is 27.2 Å². The molecule has 13 heteroatoms. The Labute approximate surface area is 266 Å². The monoisotopic (exact) mass is 631 g/mol. The van der Waals surface area contributed by atoms with E-state index in [1.807, 2.05) is 48.5 Å². The summed E-state index contributed by atoms with van der Waals surface area (Å²) < 4.78 is 5.42. The molecule has 4 aromatic carbocycles. The summed E-state index contributed by atoms with van der Waals surface area (Å²) in [5, 5.41) is 26.8. The number of nitro benzene ring substituents is 2. The van der Waals surface area contributed by atoms with Gasteiger partial charge in [-0.25, -0.2) is 10.3 Å². The van der Waals surface area contributed by atoms with E-state index >= 15 is 0 Å². The van der Waals surface area contributed by atoms with Crippen LogP contribution in [0.3, 0.4) is 0 Å². The first-order chi connectivity index (χ1) is 22.7. The number of non-ortho nitro benzene ring substituents is 2. The number of amides is 3. The summed E-state index contributed by atoms with van der Waals surface area (Å²) in [6.45, 7) is 0. The van der Waals surface area contributed by atoms with Gasteiger partial charge in [0.1, 0.15) is 5.75 Å². The van der Waals surface area contributed by atoms with E-state index in [1.54, 1.807) is 0 Å². The summed E-state index contributed by atoms with van der Waals surface area (Å²) in [6.07, 6.45) is 1.42. The normalized spacial score (nSPS) is 22.1. The third kappa shape index (κ3) is 4.38. The molecule has 3 amide bonds. The molecule has 1 fully saturated rings. The maximum absolute atomic E-state index is 14.6. The molecule has 13 nitrogen and oxygen atoms in total. The molecular weight excluding hydrogens is 606 g/mol. The second-order valence-corrected chi connectivity index (χ2v) is 11.5. The van der Waals surface area contributed by atoms with Crippen molar-refractivity contribution in [2.75, 3.05) is 12.0 Å². The van der Waals surface area contributed by atoms with Crippen LogP contribution in [0.25, 0.3) is 0 Å². The van der Waals surface area contributed by atoms with Gasteiger partial charge in [0, 0.05) is 30.3 Å². The Morgan fingerprint density at radius 3 is 2.09 bits per heavy atom. The topological polar surface area (TPSA) is 174 Å². The largest absolute Gasteiger partial charge is 0.494 e. The lowest BCUT2D eigenvalue weighted by Crippen LogP contribution is -2.54. The van der Waals surface area contributed by atoms with E-state index in [1.165, 1.54) is 55.8 Å². The van der Waals surface area contributed by atoms with Crippen molar-refractivity contribution in [1.82, 2.24) is 5.43 Å². The molecule has 1 aliphatic heterocycles. The molecule has 0 aromatic heterocycles. The van der Waals surface area contributed by atoms with Crippen molar-refractivity contribution in [3.05, 3.63) is 139 Å². The molecule has 2 bridgehead atoms. The molecule has 1 saturated heterocycles. The minimum Gasteiger partial charge on any atom is -0.494 e. The number of ether oxygens (including phenoxy) is 1.